The molecule has 0 amide bonds. The Morgan fingerprint density at radius 2 is 2.17 bits per heavy atom. The number of nitrogens with one attached hydrogen (secondary N) is 1. The van der Waals surface area contributed by atoms with E-state index in [1.165, 1.54) is 0 Å². The fourth-order valence-corrected chi connectivity index (χ4v) is 2.26. The number of hydrogen-bond acceptors (Lipinski definition) is 4. The Kier molecular flexibility index (Phi) is 4.69. The van der Waals surface area contributed by atoms with Crippen molar-refractivity contribution in [3.8, 4) is 11.5 Å². The van der Waals surface area contributed by atoms with E-state index in [0.717, 1.165) is 18.5 Å². The Balaban J connectivity index is 2.33. The number of rotatable bonds is 4. The zero-order valence-corrected chi connectivity index (χ0v) is 11.2. The van der Waals surface area contributed by atoms with Crippen LogP contribution in [0, 0.1) is 0 Å². The highest BCUT2D eigenvalue weighted by atomic mass is 35.5. The second-order valence-electron chi connectivity index (χ2n) is 4.17. The van der Waals surface area contributed by atoms with Crippen LogP contribution in [0.5, 0.6) is 11.5 Å². The second kappa shape index (κ2) is 6.27. The predicted octanol–water partition coefficient (Wildman–Crippen LogP) is 2.14. The minimum Gasteiger partial charge on any atom is -0.489 e. The molecule has 18 heavy (non-hydrogen) atoms. The molecule has 4 nitrogen and oxygen atoms in total. The van der Waals surface area contributed by atoms with E-state index >= 15 is 0 Å². The van der Waals surface area contributed by atoms with E-state index in [0.29, 0.717) is 29.7 Å². The summed E-state index contributed by atoms with van der Waals surface area (Å²) in [4.78, 5) is 0. The number of benzene rings is 1. The lowest BCUT2D eigenvalue weighted by Crippen LogP contribution is -2.24. The Morgan fingerprint density at radius 3 is 2.89 bits per heavy atom. The van der Waals surface area contributed by atoms with Crippen molar-refractivity contribution in [1.82, 2.24) is 5.32 Å². The van der Waals surface area contributed by atoms with Crippen molar-refractivity contribution in [3.63, 3.8) is 0 Å². The zero-order valence-electron chi connectivity index (χ0n) is 10.4. The first-order chi connectivity index (χ1) is 8.76. The quantitative estimate of drug-likeness (QED) is 0.881. The monoisotopic (exact) mass is 271 g/mol. The van der Waals surface area contributed by atoms with E-state index in [-0.39, 0.29) is 12.6 Å². The molecule has 100 valence electrons. The van der Waals surface area contributed by atoms with Gasteiger partial charge < -0.3 is 19.9 Å². The molecular weight excluding hydrogens is 254 g/mol. The van der Waals surface area contributed by atoms with E-state index in [2.05, 4.69) is 5.32 Å². The minimum atomic E-state index is -0.135. The number of likely N-dealkylation sites (N-methyl/N-ethyl adjacent to an activating group) is 1. The number of halogens is 1. The second-order valence-corrected chi connectivity index (χ2v) is 4.58. The van der Waals surface area contributed by atoms with Crippen molar-refractivity contribution in [1.29, 1.82) is 0 Å². The molecule has 2 N–H and O–H groups in total. The van der Waals surface area contributed by atoms with E-state index in [1.54, 1.807) is 0 Å². The molecule has 2 rings (SSSR count). The molecule has 1 aromatic rings. The molecule has 0 aromatic heterocycles. The van der Waals surface area contributed by atoms with Gasteiger partial charge in [0.25, 0.3) is 0 Å². The Labute approximate surface area is 112 Å². The smallest absolute Gasteiger partial charge is 0.179 e. The van der Waals surface area contributed by atoms with E-state index in [4.69, 9.17) is 21.1 Å². The molecule has 5 heteroatoms. The largest absolute Gasteiger partial charge is 0.489 e. The van der Waals surface area contributed by atoms with Gasteiger partial charge in [-0.15, -0.1) is 0 Å². The predicted molar refractivity (Wildman–Crippen MR) is 70.6 cm³/mol. The fraction of sp³-hybridized carbons (Fsp3) is 0.538. The van der Waals surface area contributed by atoms with Crippen molar-refractivity contribution in [2.24, 2.45) is 0 Å². The van der Waals surface area contributed by atoms with Crippen molar-refractivity contribution in [2.75, 3.05) is 26.4 Å². The zero-order chi connectivity index (χ0) is 13.0. The van der Waals surface area contributed by atoms with Crippen LogP contribution in [-0.4, -0.2) is 31.5 Å². The summed E-state index contributed by atoms with van der Waals surface area (Å²) >= 11 is 6.21. The van der Waals surface area contributed by atoms with Gasteiger partial charge in [0.05, 0.1) is 30.9 Å². The summed E-state index contributed by atoms with van der Waals surface area (Å²) in [5.41, 5.74) is 0.911. The van der Waals surface area contributed by atoms with Gasteiger partial charge in [-0.05, 0) is 24.2 Å². The van der Waals surface area contributed by atoms with Gasteiger partial charge in [-0.1, -0.05) is 18.5 Å². The maximum atomic E-state index is 9.38. The number of fused-ring (bicyclic) bond motifs is 1. The van der Waals surface area contributed by atoms with Gasteiger partial charge in [-0.3, -0.25) is 0 Å². The molecule has 0 aliphatic carbocycles. The van der Waals surface area contributed by atoms with Gasteiger partial charge in [-0.2, -0.15) is 0 Å². The van der Waals surface area contributed by atoms with Crippen molar-refractivity contribution < 1.29 is 14.6 Å². The van der Waals surface area contributed by atoms with E-state index in [1.807, 2.05) is 19.1 Å². The topological polar surface area (TPSA) is 50.7 Å². The van der Waals surface area contributed by atoms with Crippen LogP contribution in [0.3, 0.4) is 0 Å². The molecule has 0 radical (unpaired) electrons. The molecule has 1 unspecified atom stereocenters. The van der Waals surface area contributed by atoms with Crippen LogP contribution in [0.1, 0.15) is 24.9 Å². The van der Waals surface area contributed by atoms with E-state index in [9.17, 15) is 5.11 Å². The number of ether oxygens (including phenoxy) is 2. The lowest BCUT2D eigenvalue weighted by molar-refractivity contribution is 0.246. The normalized spacial score (nSPS) is 16.2. The van der Waals surface area contributed by atoms with Gasteiger partial charge in [0.15, 0.2) is 11.5 Å². The summed E-state index contributed by atoms with van der Waals surface area (Å²) in [6.07, 6.45) is 0.844. The van der Waals surface area contributed by atoms with Crippen molar-refractivity contribution in [2.45, 2.75) is 19.4 Å². The molecule has 1 heterocycles. The van der Waals surface area contributed by atoms with Crippen LogP contribution in [0.4, 0.5) is 0 Å². The SMILES string of the molecule is CCNC(CO)c1cc(Cl)c2c(c1)OCCCO2. The third kappa shape index (κ3) is 2.88. The maximum Gasteiger partial charge on any atom is 0.179 e. The molecule has 0 saturated heterocycles. The number of hydrogen-bond donors (Lipinski definition) is 2. The fourth-order valence-electron chi connectivity index (χ4n) is 1.99. The highest BCUT2D eigenvalue weighted by Gasteiger charge is 2.18. The molecular formula is C13H18ClNO3. The van der Waals surface area contributed by atoms with Crippen LogP contribution in [0.15, 0.2) is 12.1 Å². The first-order valence-corrected chi connectivity index (χ1v) is 6.57. The van der Waals surface area contributed by atoms with Gasteiger partial charge >= 0.3 is 0 Å². The highest BCUT2D eigenvalue weighted by molar-refractivity contribution is 6.32. The molecule has 1 aromatic carbocycles. The Bertz CT molecular complexity index is 411. The minimum absolute atomic E-state index is 0.0177. The van der Waals surface area contributed by atoms with Gasteiger partial charge in [0.1, 0.15) is 0 Å². The van der Waals surface area contributed by atoms with Crippen LogP contribution in [0.25, 0.3) is 0 Å². The van der Waals surface area contributed by atoms with E-state index < -0.39 is 0 Å². The standard InChI is InChI=1S/C13H18ClNO3/c1-2-15-11(8-16)9-6-10(14)13-12(7-9)17-4-3-5-18-13/h6-7,11,15-16H,2-5,8H2,1H3. The average Bonchev–Trinajstić information content (AvgIpc) is 2.61. The summed E-state index contributed by atoms with van der Waals surface area (Å²) in [5.74, 6) is 1.26. The van der Waals surface area contributed by atoms with Crippen LogP contribution < -0.4 is 14.8 Å². The summed E-state index contributed by atoms with van der Waals surface area (Å²) in [7, 11) is 0. The Hall–Kier alpha value is -0.970. The molecule has 0 fully saturated rings. The number of aliphatic hydroxyl groups is 1. The first kappa shape index (κ1) is 13.5. The summed E-state index contributed by atoms with van der Waals surface area (Å²) < 4.78 is 11.2. The molecule has 1 aliphatic heterocycles. The summed E-state index contributed by atoms with van der Waals surface area (Å²) in [6, 6.07) is 3.57. The molecule has 0 saturated carbocycles. The third-order valence-corrected chi connectivity index (χ3v) is 3.14. The van der Waals surface area contributed by atoms with Crippen LogP contribution >= 0.6 is 11.6 Å². The Morgan fingerprint density at radius 1 is 1.39 bits per heavy atom. The summed E-state index contributed by atoms with van der Waals surface area (Å²) in [5, 5.41) is 13.1. The van der Waals surface area contributed by atoms with Crippen molar-refractivity contribution >= 4 is 11.6 Å². The lowest BCUT2D eigenvalue weighted by Gasteiger charge is -2.18. The lowest BCUT2D eigenvalue weighted by atomic mass is 10.1. The van der Waals surface area contributed by atoms with Crippen LogP contribution in [-0.2, 0) is 0 Å². The van der Waals surface area contributed by atoms with Gasteiger partial charge in [-0.25, -0.2) is 0 Å². The first-order valence-electron chi connectivity index (χ1n) is 6.19. The maximum absolute atomic E-state index is 9.38. The van der Waals surface area contributed by atoms with Crippen LogP contribution in [0.2, 0.25) is 5.02 Å². The molecule has 0 bridgehead atoms. The van der Waals surface area contributed by atoms with Crippen molar-refractivity contribution in [3.05, 3.63) is 22.7 Å². The summed E-state index contributed by atoms with van der Waals surface area (Å²) in [6.45, 7) is 4.02. The molecule has 1 aliphatic rings. The third-order valence-electron chi connectivity index (χ3n) is 2.86. The highest BCUT2D eigenvalue weighted by Crippen LogP contribution is 2.39. The van der Waals surface area contributed by atoms with Gasteiger partial charge in [0, 0.05) is 6.42 Å². The molecule has 0 spiro atoms. The van der Waals surface area contributed by atoms with Gasteiger partial charge in [0.2, 0.25) is 0 Å². The molecule has 1 atom stereocenters. The number of aliphatic hydroxyl groups excluding tert-OH is 1. The average molecular weight is 272 g/mol.